The lowest BCUT2D eigenvalue weighted by Crippen LogP contribution is -2.61. The number of aliphatic hydroxyl groups excluding tert-OH is 3. The summed E-state index contributed by atoms with van der Waals surface area (Å²) < 4.78 is 0. The zero-order chi connectivity index (χ0) is 17.2. The Balaban J connectivity index is 2.24. The summed E-state index contributed by atoms with van der Waals surface area (Å²) in [5.74, 6) is -1.86. The van der Waals surface area contributed by atoms with Crippen LogP contribution in [0.1, 0.15) is 33.1 Å². The van der Waals surface area contributed by atoms with Crippen LogP contribution in [-0.4, -0.2) is 44.0 Å². The fourth-order valence-corrected chi connectivity index (χ4v) is 4.49. The molecule has 4 N–H and O–H groups in total. The highest BCUT2D eigenvalue weighted by Gasteiger charge is 2.60. The highest BCUT2D eigenvalue weighted by molar-refractivity contribution is 6.10. The Labute approximate surface area is 135 Å². The number of carbonyl (C=O) groups is 1. The molecule has 3 aliphatic carbocycles. The van der Waals surface area contributed by atoms with Gasteiger partial charge in [0.1, 0.15) is 5.60 Å². The van der Waals surface area contributed by atoms with Crippen LogP contribution in [0.5, 0.6) is 0 Å². The van der Waals surface area contributed by atoms with Crippen LogP contribution in [-0.2, 0) is 4.79 Å². The summed E-state index contributed by atoms with van der Waals surface area (Å²) >= 11 is 0. The van der Waals surface area contributed by atoms with Crippen LogP contribution in [0.2, 0.25) is 0 Å². The summed E-state index contributed by atoms with van der Waals surface area (Å²) in [5, 5.41) is 42.6. The van der Waals surface area contributed by atoms with Gasteiger partial charge in [-0.2, -0.15) is 0 Å². The smallest absolute Gasteiger partial charge is 0.225 e. The third-order valence-corrected chi connectivity index (χ3v) is 5.97. The Morgan fingerprint density at radius 2 is 1.91 bits per heavy atom. The number of fused-ring (bicyclic) bond motifs is 3. The number of aliphatic hydroxyl groups is 4. The maximum absolute atomic E-state index is 12.7. The molecule has 0 bridgehead atoms. The van der Waals surface area contributed by atoms with Crippen LogP contribution in [0, 0.1) is 17.3 Å². The monoisotopic (exact) mass is 320 g/mol. The fraction of sp³-hybridized carbons (Fsp3) is 0.611. The molecule has 0 aromatic heterocycles. The second-order valence-electron chi connectivity index (χ2n) is 7.52. The second kappa shape index (κ2) is 5.03. The van der Waals surface area contributed by atoms with Crippen LogP contribution in [0.3, 0.4) is 0 Å². The van der Waals surface area contributed by atoms with Crippen molar-refractivity contribution in [2.24, 2.45) is 17.3 Å². The minimum absolute atomic E-state index is 0.0552. The van der Waals surface area contributed by atoms with Gasteiger partial charge in [-0.3, -0.25) is 4.79 Å². The molecule has 1 saturated carbocycles. The lowest BCUT2D eigenvalue weighted by Gasteiger charge is -2.54. The van der Waals surface area contributed by atoms with Crippen LogP contribution < -0.4 is 0 Å². The summed E-state index contributed by atoms with van der Waals surface area (Å²) in [6.45, 7) is 7.19. The summed E-state index contributed by atoms with van der Waals surface area (Å²) in [6.07, 6.45) is 2.52. The fourth-order valence-electron chi connectivity index (χ4n) is 4.49. The Bertz CT molecular complexity index is 629. The molecule has 3 rings (SSSR count). The maximum Gasteiger partial charge on any atom is 0.225 e. The van der Waals surface area contributed by atoms with Gasteiger partial charge in [-0.05, 0) is 30.8 Å². The standard InChI is InChI=1S/C18H24O5/c1-4-9-7-11-15(21)16(22)14-10(18(11,23)13(20)8-9)5-6-12(19)17(14,2)3/h4,7,9-10,12-13,19-20,22-23H,1,5-6,8H2,2-3H3. The molecular formula is C18H24O5. The molecule has 0 saturated heterocycles. The van der Waals surface area contributed by atoms with E-state index in [2.05, 4.69) is 6.58 Å². The first kappa shape index (κ1) is 16.4. The molecule has 5 nitrogen and oxygen atoms in total. The van der Waals surface area contributed by atoms with Crippen molar-refractivity contribution >= 4 is 5.78 Å². The molecule has 1 fully saturated rings. The van der Waals surface area contributed by atoms with E-state index in [-0.39, 0.29) is 17.9 Å². The minimum Gasteiger partial charge on any atom is -0.504 e. The van der Waals surface area contributed by atoms with Crippen molar-refractivity contribution in [3.8, 4) is 0 Å². The molecule has 0 aromatic carbocycles. The molecule has 3 aliphatic rings. The van der Waals surface area contributed by atoms with Crippen LogP contribution in [0.25, 0.3) is 0 Å². The van der Waals surface area contributed by atoms with E-state index in [9.17, 15) is 25.2 Å². The predicted molar refractivity (Wildman–Crippen MR) is 84.5 cm³/mol. The van der Waals surface area contributed by atoms with Crippen LogP contribution >= 0.6 is 0 Å². The first-order chi connectivity index (χ1) is 10.7. The highest BCUT2D eigenvalue weighted by Crippen LogP contribution is 2.56. The van der Waals surface area contributed by atoms with Crippen molar-refractivity contribution in [2.45, 2.75) is 50.9 Å². The molecule has 5 atom stereocenters. The number of hydrogen-bond donors (Lipinski definition) is 4. The first-order valence-corrected chi connectivity index (χ1v) is 8.07. The molecule has 0 amide bonds. The Morgan fingerprint density at radius 1 is 1.26 bits per heavy atom. The van der Waals surface area contributed by atoms with Gasteiger partial charge >= 0.3 is 0 Å². The highest BCUT2D eigenvalue weighted by atomic mass is 16.3. The van der Waals surface area contributed by atoms with Crippen molar-refractivity contribution in [1.29, 1.82) is 0 Å². The van der Waals surface area contributed by atoms with Crippen molar-refractivity contribution in [3.05, 3.63) is 35.6 Å². The van der Waals surface area contributed by atoms with Gasteiger partial charge in [-0.15, -0.1) is 6.58 Å². The maximum atomic E-state index is 12.7. The second-order valence-corrected chi connectivity index (χ2v) is 7.52. The Hall–Kier alpha value is -1.43. The first-order valence-electron chi connectivity index (χ1n) is 8.07. The zero-order valence-electron chi connectivity index (χ0n) is 13.5. The van der Waals surface area contributed by atoms with Gasteiger partial charge in [0.05, 0.1) is 12.2 Å². The van der Waals surface area contributed by atoms with E-state index in [4.69, 9.17) is 0 Å². The third-order valence-electron chi connectivity index (χ3n) is 5.97. The molecular weight excluding hydrogens is 296 g/mol. The van der Waals surface area contributed by atoms with E-state index < -0.39 is 40.7 Å². The lowest BCUT2D eigenvalue weighted by atomic mass is 9.53. The number of ketones is 1. The van der Waals surface area contributed by atoms with Crippen LogP contribution in [0.4, 0.5) is 0 Å². The third kappa shape index (κ3) is 2.00. The van der Waals surface area contributed by atoms with Gasteiger partial charge in [-0.1, -0.05) is 26.0 Å². The van der Waals surface area contributed by atoms with E-state index >= 15 is 0 Å². The molecule has 0 heterocycles. The molecule has 5 heteroatoms. The number of Topliss-reactive ketones (excluding diaryl/α,β-unsaturated/α-hetero) is 1. The molecule has 23 heavy (non-hydrogen) atoms. The van der Waals surface area contributed by atoms with Gasteiger partial charge in [0.25, 0.3) is 0 Å². The molecule has 0 spiro atoms. The molecule has 126 valence electrons. The topological polar surface area (TPSA) is 98.0 Å². The molecule has 0 aliphatic heterocycles. The average molecular weight is 320 g/mol. The number of carbonyl (C=O) groups excluding carboxylic acids is 1. The minimum atomic E-state index is -1.71. The quantitative estimate of drug-likeness (QED) is 0.548. The van der Waals surface area contributed by atoms with Crippen LogP contribution in [0.15, 0.2) is 35.6 Å². The van der Waals surface area contributed by atoms with Crippen molar-refractivity contribution in [2.75, 3.05) is 0 Å². The number of hydrogen-bond acceptors (Lipinski definition) is 5. The van der Waals surface area contributed by atoms with Crippen molar-refractivity contribution < 1.29 is 25.2 Å². The number of allylic oxidation sites excluding steroid dienone is 3. The van der Waals surface area contributed by atoms with Crippen molar-refractivity contribution in [1.82, 2.24) is 0 Å². The van der Waals surface area contributed by atoms with Gasteiger partial charge in [-0.25, -0.2) is 0 Å². The summed E-state index contributed by atoms with van der Waals surface area (Å²) in [4.78, 5) is 12.7. The Morgan fingerprint density at radius 3 is 2.52 bits per heavy atom. The number of rotatable bonds is 1. The van der Waals surface area contributed by atoms with E-state index in [0.29, 0.717) is 18.4 Å². The lowest BCUT2D eigenvalue weighted by molar-refractivity contribution is -0.137. The average Bonchev–Trinajstić information content (AvgIpc) is 2.49. The summed E-state index contributed by atoms with van der Waals surface area (Å²) in [5.41, 5.74) is -2.13. The largest absolute Gasteiger partial charge is 0.504 e. The van der Waals surface area contributed by atoms with E-state index in [1.54, 1.807) is 26.0 Å². The van der Waals surface area contributed by atoms with E-state index in [1.165, 1.54) is 0 Å². The molecule has 0 aromatic rings. The summed E-state index contributed by atoms with van der Waals surface area (Å²) in [6, 6.07) is 0. The van der Waals surface area contributed by atoms with Gasteiger partial charge < -0.3 is 20.4 Å². The van der Waals surface area contributed by atoms with Gasteiger partial charge in [0.2, 0.25) is 5.78 Å². The SMILES string of the molecule is C=CC1C=C2C(=O)C(O)=C3C(CCC(O)C3(C)C)C2(O)C(O)C1. The van der Waals surface area contributed by atoms with E-state index in [1.807, 2.05) is 0 Å². The van der Waals surface area contributed by atoms with Gasteiger partial charge in [0, 0.05) is 16.9 Å². The van der Waals surface area contributed by atoms with Crippen molar-refractivity contribution in [3.63, 3.8) is 0 Å². The molecule has 5 unspecified atom stereocenters. The summed E-state index contributed by atoms with van der Waals surface area (Å²) in [7, 11) is 0. The van der Waals surface area contributed by atoms with Gasteiger partial charge in [0.15, 0.2) is 5.76 Å². The Kier molecular flexibility index (Phi) is 3.59. The predicted octanol–water partition coefficient (Wildman–Crippen LogP) is 1.40. The normalized spacial score (nSPS) is 42.7. The molecule has 0 radical (unpaired) electrons. The zero-order valence-corrected chi connectivity index (χ0v) is 13.5. The van der Waals surface area contributed by atoms with E-state index in [0.717, 1.165) is 0 Å².